The van der Waals surface area contributed by atoms with E-state index < -0.39 is 0 Å². The highest BCUT2D eigenvalue weighted by Gasteiger charge is 2.25. The van der Waals surface area contributed by atoms with E-state index >= 15 is 0 Å². The van der Waals surface area contributed by atoms with Crippen LogP contribution < -0.4 is 9.83 Å². The molecular weight excluding hydrogens is 371 g/mol. The first-order valence-corrected chi connectivity index (χ1v) is 11.2. The number of rotatable bonds is 4. The molecule has 0 radical (unpaired) electrons. The zero-order valence-electron chi connectivity index (χ0n) is 18.8. The van der Waals surface area contributed by atoms with Crippen LogP contribution in [0.4, 0.5) is 0 Å². The summed E-state index contributed by atoms with van der Waals surface area (Å²) >= 11 is 0. The van der Waals surface area contributed by atoms with Crippen molar-refractivity contribution in [3.63, 3.8) is 0 Å². The lowest BCUT2D eigenvalue weighted by Gasteiger charge is -2.29. The summed E-state index contributed by atoms with van der Waals surface area (Å²) in [6.45, 7) is 15.8. The first-order chi connectivity index (χ1) is 13.6. The van der Waals surface area contributed by atoms with Crippen LogP contribution in [0.5, 0.6) is 5.75 Å². The molecule has 0 saturated heterocycles. The molecule has 0 spiro atoms. The van der Waals surface area contributed by atoms with Crippen molar-refractivity contribution in [3.05, 3.63) is 83.4 Å². The van der Waals surface area contributed by atoms with E-state index in [1.807, 2.05) is 0 Å². The minimum atomic E-state index is 0.0203. The molecule has 1 nitrogen and oxygen atoms in total. The lowest BCUT2D eigenvalue weighted by Crippen LogP contribution is -2.18. The Bertz CT molecular complexity index is 976. The molecule has 0 aromatic heterocycles. The SMILES string of the molecule is Cc1cc(OPc2ccccc2-c2ccccc2)c(C(C)(C)C)cc1C(C)(C)C. The van der Waals surface area contributed by atoms with E-state index in [0.717, 1.165) is 5.75 Å². The van der Waals surface area contributed by atoms with Crippen molar-refractivity contribution >= 4 is 14.1 Å². The molecule has 0 aliphatic rings. The molecule has 0 saturated carbocycles. The highest BCUT2D eigenvalue weighted by molar-refractivity contribution is 7.42. The minimum Gasteiger partial charge on any atom is -0.472 e. The summed E-state index contributed by atoms with van der Waals surface area (Å²) in [5, 5.41) is 1.23. The van der Waals surface area contributed by atoms with Crippen LogP contribution in [0.25, 0.3) is 11.1 Å². The molecule has 0 bridgehead atoms. The Morgan fingerprint density at radius 2 is 1.28 bits per heavy atom. The first kappa shape index (κ1) is 21.6. The number of benzene rings is 3. The van der Waals surface area contributed by atoms with Gasteiger partial charge in [-0.1, -0.05) is 102 Å². The van der Waals surface area contributed by atoms with Gasteiger partial charge in [-0.2, -0.15) is 0 Å². The second kappa shape index (κ2) is 8.33. The maximum absolute atomic E-state index is 6.49. The average Bonchev–Trinajstić information content (AvgIpc) is 2.65. The van der Waals surface area contributed by atoms with Crippen LogP contribution in [0, 0.1) is 6.92 Å². The van der Waals surface area contributed by atoms with Crippen molar-refractivity contribution in [2.75, 3.05) is 0 Å². The van der Waals surface area contributed by atoms with Gasteiger partial charge in [-0.3, -0.25) is 0 Å². The average molecular weight is 405 g/mol. The second-order valence-corrected chi connectivity index (χ2v) is 10.7. The van der Waals surface area contributed by atoms with E-state index in [2.05, 4.69) is 115 Å². The fourth-order valence-electron chi connectivity index (χ4n) is 3.71. The fourth-order valence-corrected chi connectivity index (χ4v) is 4.60. The monoisotopic (exact) mass is 404 g/mol. The Kier molecular flexibility index (Phi) is 6.20. The van der Waals surface area contributed by atoms with Gasteiger partial charge in [-0.05, 0) is 46.1 Å². The summed E-state index contributed by atoms with van der Waals surface area (Å²) in [4.78, 5) is 0. The molecule has 2 heteroatoms. The maximum Gasteiger partial charge on any atom is 0.127 e. The zero-order chi connectivity index (χ0) is 21.2. The summed E-state index contributed by atoms with van der Waals surface area (Å²) in [6.07, 6.45) is 0. The molecule has 0 amide bonds. The summed E-state index contributed by atoms with van der Waals surface area (Å²) in [7, 11) is 0.262. The number of aryl methyl sites for hydroxylation is 1. The van der Waals surface area contributed by atoms with Crippen molar-refractivity contribution in [1.82, 2.24) is 0 Å². The fraction of sp³-hybridized carbons (Fsp3) is 0.333. The van der Waals surface area contributed by atoms with E-state index in [0.29, 0.717) is 0 Å². The molecule has 1 unspecified atom stereocenters. The van der Waals surface area contributed by atoms with Gasteiger partial charge in [0.2, 0.25) is 0 Å². The van der Waals surface area contributed by atoms with Crippen LogP contribution >= 0.6 is 8.81 Å². The molecular formula is C27H33OP. The summed E-state index contributed by atoms with van der Waals surface area (Å²) in [5.74, 6) is 1.00. The van der Waals surface area contributed by atoms with Gasteiger partial charge in [0.15, 0.2) is 0 Å². The summed E-state index contributed by atoms with van der Waals surface area (Å²) in [5.41, 5.74) is 6.57. The Morgan fingerprint density at radius 3 is 1.90 bits per heavy atom. The highest BCUT2D eigenvalue weighted by atomic mass is 31.1. The predicted molar refractivity (Wildman–Crippen MR) is 129 cm³/mol. The molecule has 3 aromatic rings. The van der Waals surface area contributed by atoms with E-state index in [1.165, 1.54) is 33.1 Å². The van der Waals surface area contributed by atoms with Crippen molar-refractivity contribution < 1.29 is 4.52 Å². The van der Waals surface area contributed by atoms with E-state index in [9.17, 15) is 0 Å². The summed E-state index contributed by atoms with van der Waals surface area (Å²) < 4.78 is 6.49. The van der Waals surface area contributed by atoms with Crippen LogP contribution in [-0.2, 0) is 10.8 Å². The van der Waals surface area contributed by atoms with Gasteiger partial charge in [-0.15, -0.1) is 0 Å². The Morgan fingerprint density at radius 1 is 0.690 bits per heavy atom. The van der Waals surface area contributed by atoms with Crippen molar-refractivity contribution in [2.45, 2.75) is 59.3 Å². The maximum atomic E-state index is 6.49. The predicted octanol–water partition coefficient (Wildman–Crippen LogP) is 7.55. The molecule has 0 fully saturated rings. The van der Waals surface area contributed by atoms with E-state index in [4.69, 9.17) is 4.52 Å². The number of hydrogen-bond acceptors (Lipinski definition) is 1. The third-order valence-corrected chi connectivity index (χ3v) is 6.20. The van der Waals surface area contributed by atoms with Crippen LogP contribution in [0.15, 0.2) is 66.7 Å². The Hall–Kier alpha value is -2.11. The summed E-state index contributed by atoms with van der Waals surface area (Å²) in [6, 6.07) is 23.7. The normalized spacial score (nSPS) is 12.5. The van der Waals surface area contributed by atoms with Crippen molar-refractivity contribution in [2.24, 2.45) is 0 Å². The number of hydrogen-bond donors (Lipinski definition) is 0. The lowest BCUT2D eigenvalue weighted by atomic mass is 9.78. The topological polar surface area (TPSA) is 9.23 Å². The Balaban J connectivity index is 1.97. The molecule has 3 rings (SSSR count). The van der Waals surface area contributed by atoms with Gasteiger partial charge < -0.3 is 4.52 Å². The largest absolute Gasteiger partial charge is 0.472 e. The molecule has 152 valence electrons. The van der Waals surface area contributed by atoms with Gasteiger partial charge in [0.1, 0.15) is 14.6 Å². The Labute approximate surface area is 178 Å². The third kappa shape index (κ3) is 5.09. The first-order valence-electron chi connectivity index (χ1n) is 10.3. The van der Waals surface area contributed by atoms with Crippen LogP contribution in [0.3, 0.4) is 0 Å². The van der Waals surface area contributed by atoms with Gasteiger partial charge in [0.25, 0.3) is 0 Å². The smallest absolute Gasteiger partial charge is 0.127 e. The van der Waals surface area contributed by atoms with Crippen LogP contribution in [0.1, 0.15) is 58.2 Å². The molecule has 29 heavy (non-hydrogen) atoms. The molecule has 0 aliphatic heterocycles. The van der Waals surface area contributed by atoms with E-state index in [1.54, 1.807) is 0 Å². The molecule has 1 atom stereocenters. The van der Waals surface area contributed by atoms with Crippen molar-refractivity contribution in [1.29, 1.82) is 0 Å². The molecule has 0 N–H and O–H groups in total. The van der Waals surface area contributed by atoms with Gasteiger partial charge in [0.05, 0.1) is 0 Å². The standard InChI is InChI=1S/C27H33OP/c1-19-17-24(23(27(5,6)7)18-22(19)26(2,3)4)28-29-25-16-12-11-15-21(25)20-13-9-8-10-14-20/h8-18,29H,1-7H3. The van der Waals surface area contributed by atoms with E-state index in [-0.39, 0.29) is 19.6 Å². The lowest BCUT2D eigenvalue weighted by molar-refractivity contribution is 0.532. The van der Waals surface area contributed by atoms with Crippen LogP contribution in [-0.4, -0.2) is 0 Å². The molecule has 3 aromatic carbocycles. The van der Waals surface area contributed by atoms with Gasteiger partial charge >= 0.3 is 0 Å². The van der Waals surface area contributed by atoms with Crippen molar-refractivity contribution in [3.8, 4) is 16.9 Å². The quantitative estimate of drug-likeness (QED) is 0.408. The van der Waals surface area contributed by atoms with Gasteiger partial charge in [0, 0.05) is 10.9 Å². The molecule has 0 heterocycles. The molecule has 0 aliphatic carbocycles. The third-order valence-electron chi connectivity index (χ3n) is 5.23. The van der Waals surface area contributed by atoms with Crippen LogP contribution in [0.2, 0.25) is 0 Å². The highest BCUT2D eigenvalue weighted by Crippen LogP contribution is 2.40. The van der Waals surface area contributed by atoms with Gasteiger partial charge in [-0.25, -0.2) is 0 Å². The minimum absolute atomic E-state index is 0.0203. The zero-order valence-corrected chi connectivity index (χ0v) is 19.8. The second-order valence-electron chi connectivity index (χ2n) is 9.78.